The van der Waals surface area contributed by atoms with Gasteiger partial charge in [0.2, 0.25) is 0 Å². The standard InChI is InChI=1S/C15H14N2O3S/c18-15(13-8-9-14(21-13)17(19)20)16-12-7-3-5-10-4-1-2-6-11(10)12/h3,5,7-9H,1-2,4,6H2,(H,16,18). The summed E-state index contributed by atoms with van der Waals surface area (Å²) in [5, 5.41) is 13.5. The molecule has 108 valence electrons. The predicted octanol–water partition coefficient (Wildman–Crippen LogP) is 3.79. The Morgan fingerprint density at radius 3 is 2.76 bits per heavy atom. The topological polar surface area (TPSA) is 72.2 Å². The number of aryl methyl sites for hydroxylation is 1. The Morgan fingerprint density at radius 2 is 2.00 bits per heavy atom. The summed E-state index contributed by atoms with van der Waals surface area (Å²) in [6.45, 7) is 0. The lowest BCUT2D eigenvalue weighted by Crippen LogP contribution is -2.14. The maximum absolute atomic E-state index is 12.2. The molecule has 1 heterocycles. The third-order valence-corrected chi connectivity index (χ3v) is 4.68. The van der Waals surface area contributed by atoms with Crippen LogP contribution in [0.3, 0.4) is 0 Å². The van der Waals surface area contributed by atoms with Crippen molar-refractivity contribution in [3.8, 4) is 0 Å². The highest BCUT2D eigenvalue weighted by molar-refractivity contribution is 7.17. The van der Waals surface area contributed by atoms with Crippen molar-refractivity contribution >= 4 is 27.9 Å². The van der Waals surface area contributed by atoms with Crippen molar-refractivity contribution in [3.05, 3.63) is 56.5 Å². The van der Waals surface area contributed by atoms with E-state index in [0.717, 1.165) is 36.3 Å². The number of nitro groups is 1. The first-order valence-corrected chi connectivity index (χ1v) is 7.63. The second-order valence-electron chi connectivity index (χ2n) is 5.00. The molecular weight excluding hydrogens is 288 g/mol. The molecule has 21 heavy (non-hydrogen) atoms. The van der Waals surface area contributed by atoms with Gasteiger partial charge in [0.1, 0.15) is 0 Å². The van der Waals surface area contributed by atoms with Crippen molar-refractivity contribution in [1.29, 1.82) is 0 Å². The van der Waals surface area contributed by atoms with Gasteiger partial charge in [0.15, 0.2) is 0 Å². The van der Waals surface area contributed by atoms with Crippen LogP contribution in [-0.2, 0) is 12.8 Å². The van der Waals surface area contributed by atoms with Crippen molar-refractivity contribution in [2.24, 2.45) is 0 Å². The van der Waals surface area contributed by atoms with Gasteiger partial charge in [0, 0.05) is 11.8 Å². The van der Waals surface area contributed by atoms with Gasteiger partial charge in [0.25, 0.3) is 5.91 Å². The lowest BCUT2D eigenvalue weighted by Gasteiger charge is -2.19. The van der Waals surface area contributed by atoms with Crippen LogP contribution in [0.1, 0.15) is 33.6 Å². The minimum atomic E-state index is -0.480. The fourth-order valence-corrected chi connectivity index (χ4v) is 3.35. The summed E-state index contributed by atoms with van der Waals surface area (Å²) in [4.78, 5) is 22.8. The largest absolute Gasteiger partial charge is 0.324 e. The van der Waals surface area contributed by atoms with Gasteiger partial charge in [-0.2, -0.15) is 0 Å². The van der Waals surface area contributed by atoms with E-state index in [4.69, 9.17) is 0 Å². The first-order valence-electron chi connectivity index (χ1n) is 6.81. The average Bonchev–Trinajstić information content (AvgIpc) is 2.98. The minimum absolute atomic E-state index is 0.0183. The van der Waals surface area contributed by atoms with Crippen LogP contribution in [-0.4, -0.2) is 10.8 Å². The van der Waals surface area contributed by atoms with Gasteiger partial charge in [-0.05, 0) is 48.9 Å². The van der Waals surface area contributed by atoms with Gasteiger partial charge in [-0.3, -0.25) is 14.9 Å². The molecule has 2 aromatic rings. The van der Waals surface area contributed by atoms with Crippen LogP contribution in [0.2, 0.25) is 0 Å². The molecule has 0 bridgehead atoms. The van der Waals surface area contributed by atoms with Gasteiger partial charge in [0.05, 0.1) is 9.80 Å². The zero-order valence-corrected chi connectivity index (χ0v) is 12.1. The summed E-state index contributed by atoms with van der Waals surface area (Å²) in [6.07, 6.45) is 4.33. The van der Waals surface area contributed by atoms with Crippen molar-refractivity contribution in [2.45, 2.75) is 25.7 Å². The quantitative estimate of drug-likeness (QED) is 0.692. The Labute approximate surface area is 125 Å². The number of amides is 1. The molecular formula is C15H14N2O3S. The smallest absolute Gasteiger partial charge is 0.321 e. The van der Waals surface area contributed by atoms with Crippen molar-refractivity contribution < 1.29 is 9.72 Å². The number of carbonyl (C=O) groups excluding carboxylic acids is 1. The van der Waals surface area contributed by atoms with Crippen LogP contribution in [0.5, 0.6) is 0 Å². The van der Waals surface area contributed by atoms with E-state index < -0.39 is 4.92 Å². The number of fused-ring (bicyclic) bond motifs is 1. The van der Waals surface area contributed by atoms with Crippen LogP contribution < -0.4 is 5.32 Å². The zero-order chi connectivity index (χ0) is 14.8. The lowest BCUT2D eigenvalue weighted by atomic mass is 9.90. The summed E-state index contributed by atoms with van der Waals surface area (Å²) in [6, 6.07) is 8.79. The molecule has 0 saturated heterocycles. The summed E-state index contributed by atoms with van der Waals surface area (Å²) < 4.78 is 0. The third kappa shape index (κ3) is 2.80. The molecule has 0 unspecified atom stereocenters. The monoisotopic (exact) mass is 302 g/mol. The molecule has 0 aliphatic heterocycles. The van der Waals surface area contributed by atoms with E-state index in [0.29, 0.717) is 4.88 Å². The Balaban J connectivity index is 1.83. The Bertz CT molecular complexity index is 709. The van der Waals surface area contributed by atoms with E-state index in [1.165, 1.54) is 29.7 Å². The molecule has 1 N–H and O–H groups in total. The van der Waals surface area contributed by atoms with Crippen molar-refractivity contribution in [2.75, 3.05) is 5.32 Å². The van der Waals surface area contributed by atoms with Crippen LogP contribution in [0.4, 0.5) is 10.7 Å². The Hall–Kier alpha value is -2.21. The summed E-state index contributed by atoms with van der Waals surface area (Å²) >= 11 is 0.895. The number of rotatable bonds is 3. The van der Waals surface area contributed by atoms with E-state index in [2.05, 4.69) is 11.4 Å². The Kier molecular flexibility index (Phi) is 3.70. The molecule has 0 saturated carbocycles. The second kappa shape index (κ2) is 5.65. The molecule has 1 aliphatic rings. The molecule has 1 aromatic carbocycles. The van der Waals surface area contributed by atoms with Crippen LogP contribution in [0.15, 0.2) is 30.3 Å². The van der Waals surface area contributed by atoms with Gasteiger partial charge in [-0.15, -0.1) is 0 Å². The zero-order valence-electron chi connectivity index (χ0n) is 11.3. The lowest BCUT2D eigenvalue weighted by molar-refractivity contribution is -0.380. The SMILES string of the molecule is O=C(Nc1cccc2c1CCCC2)c1ccc([N+](=O)[O-])s1. The number of hydrogen-bond donors (Lipinski definition) is 1. The maximum atomic E-state index is 12.2. The highest BCUT2D eigenvalue weighted by Crippen LogP contribution is 2.29. The van der Waals surface area contributed by atoms with Gasteiger partial charge in [-0.25, -0.2) is 0 Å². The van der Waals surface area contributed by atoms with Crippen LogP contribution >= 0.6 is 11.3 Å². The second-order valence-corrected chi connectivity index (χ2v) is 6.06. The summed E-state index contributed by atoms with van der Waals surface area (Å²) in [5.74, 6) is -0.285. The number of anilines is 1. The van der Waals surface area contributed by atoms with Crippen molar-refractivity contribution in [1.82, 2.24) is 0 Å². The fraction of sp³-hybridized carbons (Fsp3) is 0.267. The summed E-state index contributed by atoms with van der Waals surface area (Å²) in [5.41, 5.74) is 3.31. The molecule has 3 rings (SSSR count). The number of carbonyl (C=O) groups is 1. The van der Waals surface area contributed by atoms with E-state index in [1.807, 2.05) is 12.1 Å². The normalized spacial score (nSPS) is 13.5. The molecule has 0 spiro atoms. The molecule has 0 atom stereocenters. The number of hydrogen-bond acceptors (Lipinski definition) is 4. The van der Waals surface area contributed by atoms with Crippen LogP contribution in [0, 0.1) is 10.1 Å². The van der Waals surface area contributed by atoms with Crippen LogP contribution in [0.25, 0.3) is 0 Å². The molecule has 0 radical (unpaired) electrons. The number of nitrogens with zero attached hydrogens (tertiary/aromatic N) is 1. The van der Waals surface area contributed by atoms with E-state index in [-0.39, 0.29) is 10.9 Å². The summed E-state index contributed by atoms with van der Waals surface area (Å²) in [7, 11) is 0. The van der Waals surface area contributed by atoms with E-state index in [9.17, 15) is 14.9 Å². The van der Waals surface area contributed by atoms with Gasteiger partial charge < -0.3 is 5.32 Å². The molecule has 1 aliphatic carbocycles. The number of benzene rings is 1. The molecule has 0 fully saturated rings. The number of thiophene rings is 1. The average molecular weight is 302 g/mol. The molecule has 1 aromatic heterocycles. The Morgan fingerprint density at radius 1 is 1.19 bits per heavy atom. The number of nitrogens with one attached hydrogen (secondary N) is 1. The predicted molar refractivity (Wildman–Crippen MR) is 82.0 cm³/mol. The molecule has 5 nitrogen and oxygen atoms in total. The third-order valence-electron chi connectivity index (χ3n) is 3.64. The molecule has 1 amide bonds. The minimum Gasteiger partial charge on any atom is -0.321 e. The van der Waals surface area contributed by atoms with Gasteiger partial charge in [-0.1, -0.05) is 23.5 Å². The molecule has 6 heteroatoms. The van der Waals surface area contributed by atoms with E-state index in [1.54, 1.807) is 0 Å². The van der Waals surface area contributed by atoms with Gasteiger partial charge >= 0.3 is 5.00 Å². The highest BCUT2D eigenvalue weighted by Gasteiger charge is 2.18. The fourth-order valence-electron chi connectivity index (χ4n) is 2.63. The van der Waals surface area contributed by atoms with E-state index >= 15 is 0 Å². The highest BCUT2D eigenvalue weighted by atomic mass is 32.1. The van der Waals surface area contributed by atoms with Crippen molar-refractivity contribution in [3.63, 3.8) is 0 Å². The first kappa shape index (κ1) is 13.8. The maximum Gasteiger partial charge on any atom is 0.324 e. The first-order chi connectivity index (χ1) is 10.1.